The lowest BCUT2D eigenvalue weighted by atomic mass is 10.1. The van der Waals surface area contributed by atoms with Gasteiger partial charge in [0.1, 0.15) is 23.0 Å². The van der Waals surface area contributed by atoms with E-state index in [1.165, 1.54) is 27.8 Å². The topological polar surface area (TPSA) is 61.5 Å². The summed E-state index contributed by atoms with van der Waals surface area (Å²) in [6, 6.07) is 25.5. The predicted octanol–water partition coefficient (Wildman–Crippen LogP) is 7.91. The van der Waals surface area contributed by atoms with Crippen molar-refractivity contribution in [3.05, 3.63) is 118 Å². The van der Waals surface area contributed by atoms with Crippen LogP contribution in [-0.4, -0.2) is 5.91 Å². The smallest absolute Gasteiger partial charge is 0.249 e. The largest absolute Gasteiger partial charge is 0.457 e. The average Bonchev–Trinajstić information content (AvgIpc) is 2.80. The number of aryl methyl sites for hydroxylation is 6. The predicted molar refractivity (Wildman–Crippen MR) is 143 cm³/mol. The number of carbonyl (C=O) groups excluding carboxylic acids is 1. The lowest BCUT2D eigenvalue weighted by molar-refractivity contribution is 0.0999. The first-order valence-corrected chi connectivity index (χ1v) is 11.6. The molecule has 0 aliphatic carbocycles. The lowest BCUT2D eigenvalue weighted by Crippen LogP contribution is -2.12. The fourth-order valence-corrected chi connectivity index (χ4v) is 3.62. The zero-order valence-electron chi connectivity index (χ0n) is 21.3. The Morgan fingerprint density at radius 1 is 0.543 bits per heavy atom. The van der Waals surface area contributed by atoms with Crippen LogP contribution in [0.3, 0.4) is 0 Å². The summed E-state index contributed by atoms with van der Waals surface area (Å²) >= 11 is 0. The van der Waals surface area contributed by atoms with E-state index in [2.05, 4.69) is 52.0 Å². The molecule has 2 N–H and O–H groups in total. The zero-order valence-corrected chi connectivity index (χ0v) is 21.3. The van der Waals surface area contributed by atoms with Gasteiger partial charge in [-0.15, -0.1) is 0 Å². The fourth-order valence-electron chi connectivity index (χ4n) is 3.62. The van der Waals surface area contributed by atoms with Gasteiger partial charge in [0, 0.05) is 5.56 Å². The molecule has 4 nitrogen and oxygen atoms in total. The molecule has 35 heavy (non-hydrogen) atoms. The van der Waals surface area contributed by atoms with Gasteiger partial charge >= 0.3 is 0 Å². The molecule has 0 bridgehead atoms. The van der Waals surface area contributed by atoms with E-state index in [0.717, 1.165) is 22.8 Å². The molecule has 0 atom stereocenters. The Labute approximate surface area is 208 Å². The summed E-state index contributed by atoms with van der Waals surface area (Å²) in [5.41, 5.74) is 12.7. The number of ether oxygens (including phenoxy) is 2. The van der Waals surface area contributed by atoms with Gasteiger partial charge in [0.15, 0.2) is 0 Å². The molecule has 4 heteroatoms. The van der Waals surface area contributed by atoms with Crippen molar-refractivity contribution in [1.29, 1.82) is 0 Å². The van der Waals surface area contributed by atoms with E-state index in [1.807, 2.05) is 62.4 Å². The Hall–Kier alpha value is -4.05. The van der Waals surface area contributed by atoms with Crippen LogP contribution in [0.4, 0.5) is 0 Å². The first-order chi connectivity index (χ1) is 16.6. The summed E-state index contributed by atoms with van der Waals surface area (Å²) < 4.78 is 11.6. The maximum Gasteiger partial charge on any atom is 0.249 e. The summed E-state index contributed by atoms with van der Waals surface area (Å²) in [5.74, 6) is 2.77. The third-order valence-electron chi connectivity index (χ3n) is 5.61. The van der Waals surface area contributed by atoms with Crippen molar-refractivity contribution in [3.63, 3.8) is 0 Å². The van der Waals surface area contributed by atoms with Crippen LogP contribution < -0.4 is 15.2 Å². The van der Waals surface area contributed by atoms with Crippen LogP contribution in [0, 0.1) is 41.5 Å². The Balaban J connectivity index is 0.000000196. The van der Waals surface area contributed by atoms with Crippen molar-refractivity contribution < 1.29 is 14.3 Å². The van der Waals surface area contributed by atoms with E-state index in [9.17, 15) is 4.79 Å². The second kappa shape index (κ2) is 11.4. The van der Waals surface area contributed by atoms with E-state index >= 15 is 0 Å². The second-order valence-electron chi connectivity index (χ2n) is 8.90. The van der Waals surface area contributed by atoms with Gasteiger partial charge in [0.2, 0.25) is 5.91 Å². The number of nitrogens with two attached hydrogens (primary N) is 1. The quantitative estimate of drug-likeness (QED) is 0.324. The Kier molecular flexibility index (Phi) is 8.32. The van der Waals surface area contributed by atoms with E-state index in [-0.39, 0.29) is 0 Å². The minimum atomic E-state index is -0.443. The number of carbonyl (C=O) groups is 1. The van der Waals surface area contributed by atoms with Gasteiger partial charge in [0.05, 0.1) is 0 Å². The third-order valence-corrected chi connectivity index (χ3v) is 5.61. The van der Waals surface area contributed by atoms with Crippen molar-refractivity contribution in [2.45, 2.75) is 41.5 Å². The van der Waals surface area contributed by atoms with Gasteiger partial charge < -0.3 is 15.2 Å². The summed E-state index contributed by atoms with van der Waals surface area (Å²) in [7, 11) is 0. The highest BCUT2D eigenvalue weighted by Crippen LogP contribution is 2.28. The molecule has 0 unspecified atom stereocenters. The van der Waals surface area contributed by atoms with E-state index < -0.39 is 5.91 Å². The molecule has 0 aliphatic rings. The molecule has 0 aliphatic heterocycles. The van der Waals surface area contributed by atoms with Crippen LogP contribution in [-0.2, 0) is 0 Å². The Morgan fingerprint density at radius 2 is 1.03 bits per heavy atom. The number of benzene rings is 4. The lowest BCUT2D eigenvalue weighted by Gasteiger charge is -2.12. The van der Waals surface area contributed by atoms with Crippen LogP contribution in [0.2, 0.25) is 0 Å². The maximum absolute atomic E-state index is 11.2. The van der Waals surface area contributed by atoms with Gasteiger partial charge in [-0.25, -0.2) is 0 Å². The van der Waals surface area contributed by atoms with Crippen LogP contribution in [0.5, 0.6) is 23.0 Å². The molecule has 0 saturated heterocycles. The molecule has 180 valence electrons. The minimum Gasteiger partial charge on any atom is -0.457 e. The number of hydrogen-bond acceptors (Lipinski definition) is 3. The van der Waals surface area contributed by atoms with Gasteiger partial charge in [-0.3, -0.25) is 4.79 Å². The van der Waals surface area contributed by atoms with Crippen molar-refractivity contribution in [3.8, 4) is 23.0 Å². The molecule has 0 fully saturated rings. The number of hydrogen-bond donors (Lipinski definition) is 1. The molecular weight excluding hydrogens is 434 g/mol. The Bertz CT molecular complexity index is 1270. The van der Waals surface area contributed by atoms with Crippen LogP contribution in [0.25, 0.3) is 0 Å². The van der Waals surface area contributed by atoms with E-state index in [0.29, 0.717) is 11.3 Å². The molecule has 0 radical (unpaired) electrons. The Morgan fingerprint density at radius 3 is 1.51 bits per heavy atom. The number of rotatable bonds is 5. The zero-order chi connectivity index (χ0) is 25.5. The monoisotopic (exact) mass is 467 g/mol. The molecule has 0 spiro atoms. The standard InChI is InChI=1S/C16H18O.C15H15NO2/c1-11-5-7-15(13(3)9-11)17-16-8-6-12(2)10-14(16)4;1-10-3-6-12(7-4-10)18-13-8-5-11(2)14(9-13)15(16)17/h5-10H,1-4H3;3-9H,1-2H3,(H2,16,17). The van der Waals surface area contributed by atoms with Gasteiger partial charge in [-0.1, -0.05) is 59.2 Å². The molecule has 0 heterocycles. The van der Waals surface area contributed by atoms with Gasteiger partial charge in [-0.2, -0.15) is 0 Å². The van der Waals surface area contributed by atoms with Gasteiger partial charge in [0.25, 0.3) is 0 Å². The molecule has 4 aromatic rings. The fraction of sp³-hybridized carbons (Fsp3) is 0.194. The van der Waals surface area contributed by atoms with Crippen LogP contribution in [0.1, 0.15) is 43.7 Å². The second-order valence-corrected chi connectivity index (χ2v) is 8.90. The minimum absolute atomic E-state index is 0.443. The molecular formula is C31H33NO3. The SMILES string of the molecule is Cc1ccc(Oc2ccc(C)c(C(N)=O)c2)cc1.Cc1ccc(Oc2ccc(C)cc2C)c(C)c1. The number of primary amides is 1. The van der Waals surface area contributed by atoms with Gasteiger partial charge in [-0.05, 0) is 94.6 Å². The third kappa shape index (κ3) is 7.21. The van der Waals surface area contributed by atoms with Crippen molar-refractivity contribution in [1.82, 2.24) is 0 Å². The van der Waals surface area contributed by atoms with Crippen molar-refractivity contribution in [2.24, 2.45) is 5.73 Å². The van der Waals surface area contributed by atoms with Crippen molar-refractivity contribution >= 4 is 5.91 Å². The normalized spacial score (nSPS) is 10.2. The maximum atomic E-state index is 11.2. The summed E-state index contributed by atoms with van der Waals surface area (Å²) in [4.78, 5) is 11.2. The molecule has 0 aromatic heterocycles. The molecule has 4 rings (SSSR count). The average molecular weight is 468 g/mol. The van der Waals surface area contributed by atoms with Crippen molar-refractivity contribution in [2.75, 3.05) is 0 Å². The molecule has 0 saturated carbocycles. The first kappa shape index (κ1) is 25.6. The number of amides is 1. The summed E-state index contributed by atoms with van der Waals surface area (Å²) in [6.07, 6.45) is 0. The first-order valence-electron chi connectivity index (χ1n) is 11.6. The highest BCUT2D eigenvalue weighted by molar-refractivity contribution is 5.94. The van der Waals surface area contributed by atoms with Crippen LogP contribution in [0.15, 0.2) is 78.9 Å². The molecule has 1 amide bonds. The summed E-state index contributed by atoms with van der Waals surface area (Å²) in [5, 5.41) is 0. The van der Waals surface area contributed by atoms with E-state index in [4.69, 9.17) is 15.2 Å². The molecule has 4 aromatic carbocycles. The highest BCUT2D eigenvalue weighted by atomic mass is 16.5. The van der Waals surface area contributed by atoms with Crippen LogP contribution >= 0.6 is 0 Å². The highest BCUT2D eigenvalue weighted by Gasteiger charge is 2.07. The summed E-state index contributed by atoms with van der Waals surface area (Å²) in [6.45, 7) is 12.2. The van der Waals surface area contributed by atoms with E-state index in [1.54, 1.807) is 6.07 Å².